The fraction of sp³-hybridized carbons (Fsp3) is 1.00. The van der Waals surface area contributed by atoms with Crippen LogP contribution in [0.2, 0.25) is 0 Å². The fourth-order valence-corrected chi connectivity index (χ4v) is 6.45. The van der Waals surface area contributed by atoms with Crippen LogP contribution < -0.4 is 0 Å². The molecule has 1 atom stereocenters. The first-order valence-electron chi connectivity index (χ1n) is 12.2. The van der Waals surface area contributed by atoms with E-state index in [-0.39, 0.29) is 0 Å². The van der Waals surface area contributed by atoms with E-state index in [0.717, 1.165) is 17.5 Å². The summed E-state index contributed by atoms with van der Waals surface area (Å²) in [5.74, 6) is 2.06. The third kappa shape index (κ3) is 7.43. The van der Waals surface area contributed by atoms with Gasteiger partial charge in [-0.05, 0) is 56.0 Å². The molecule has 0 saturated heterocycles. The molecule has 0 aliphatic heterocycles. The lowest BCUT2D eigenvalue weighted by atomic mass is 9.75. The Morgan fingerprint density at radius 1 is 0.423 bits per heavy atom. The van der Waals surface area contributed by atoms with Crippen LogP contribution >= 0.6 is 9.24 Å². The number of hydrogen-bond acceptors (Lipinski definition) is 1. The van der Waals surface area contributed by atoms with Gasteiger partial charge in [0, 0.05) is 0 Å². The van der Waals surface area contributed by atoms with E-state index in [9.17, 15) is 0 Å². The molecule has 0 aromatic heterocycles. The van der Waals surface area contributed by atoms with E-state index < -0.39 is 0 Å². The van der Waals surface area contributed by atoms with Crippen LogP contribution in [0.3, 0.4) is 0 Å². The molecule has 26 heavy (non-hydrogen) atoms. The predicted molar refractivity (Wildman–Crippen MR) is 117 cm³/mol. The molecule has 0 heterocycles. The largest absolute Gasteiger partial charge is 0.375 e. The van der Waals surface area contributed by atoms with Crippen molar-refractivity contribution < 1.29 is 4.74 Å². The zero-order valence-electron chi connectivity index (χ0n) is 17.3. The Balaban J connectivity index is 1.40. The fourth-order valence-electron chi connectivity index (χ4n) is 5.98. The van der Waals surface area contributed by atoms with Crippen molar-refractivity contribution in [3.8, 4) is 0 Å². The first-order valence-corrected chi connectivity index (χ1v) is 12.9. The zero-order chi connectivity index (χ0) is 18.0. The van der Waals surface area contributed by atoms with E-state index in [1.54, 1.807) is 0 Å². The van der Waals surface area contributed by atoms with E-state index in [2.05, 4.69) is 9.24 Å². The molecule has 0 aromatic carbocycles. The first kappa shape index (κ1) is 21.1. The van der Waals surface area contributed by atoms with Gasteiger partial charge in [-0.2, -0.15) is 0 Å². The van der Waals surface area contributed by atoms with Gasteiger partial charge in [-0.25, -0.2) is 0 Å². The third-order valence-corrected chi connectivity index (χ3v) is 8.27. The van der Waals surface area contributed by atoms with Gasteiger partial charge >= 0.3 is 0 Å². The smallest absolute Gasteiger partial charge is 0.0578 e. The molecule has 3 fully saturated rings. The minimum Gasteiger partial charge on any atom is -0.375 e. The van der Waals surface area contributed by atoms with Crippen molar-refractivity contribution in [3.63, 3.8) is 0 Å². The lowest BCUT2D eigenvalue weighted by Gasteiger charge is -2.33. The second-order valence-electron chi connectivity index (χ2n) is 9.73. The maximum absolute atomic E-state index is 6.63. The molecular formula is C24H45OP. The topological polar surface area (TPSA) is 9.23 Å². The van der Waals surface area contributed by atoms with Gasteiger partial charge in [0.2, 0.25) is 0 Å². The summed E-state index contributed by atoms with van der Waals surface area (Å²) in [6.45, 7) is 0. The second kappa shape index (κ2) is 12.1. The molecule has 1 unspecified atom stereocenters. The molecule has 3 aliphatic rings. The predicted octanol–water partition coefficient (Wildman–Crippen LogP) is 7.67. The Hall–Kier alpha value is 0.390. The van der Waals surface area contributed by atoms with E-state index >= 15 is 0 Å². The quantitative estimate of drug-likeness (QED) is 0.456. The maximum Gasteiger partial charge on any atom is 0.0578 e. The molecular weight excluding hydrogens is 335 g/mol. The van der Waals surface area contributed by atoms with Crippen LogP contribution in [0.5, 0.6) is 0 Å². The van der Waals surface area contributed by atoms with Crippen LogP contribution in [0.1, 0.15) is 122 Å². The van der Waals surface area contributed by atoms with E-state index in [4.69, 9.17) is 4.74 Å². The molecule has 1 nitrogen and oxygen atoms in total. The highest BCUT2D eigenvalue weighted by atomic mass is 31.0. The van der Waals surface area contributed by atoms with Crippen LogP contribution in [-0.2, 0) is 4.74 Å². The van der Waals surface area contributed by atoms with Crippen molar-refractivity contribution in [1.29, 1.82) is 0 Å². The van der Waals surface area contributed by atoms with Gasteiger partial charge in [-0.15, -0.1) is 9.24 Å². The summed E-state index contributed by atoms with van der Waals surface area (Å²) in [4.78, 5) is 0. The van der Waals surface area contributed by atoms with Crippen molar-refractivity contribution in [2.24, 2.45) is 11.8 Å². The first-order chi connectivity index (χ1) is 12.8. The van der Waals surface area contributed by atoms with Crippen molar-refractivity contribution in [2.45, 2.75) is 140 Å². The molecule has 152 valence electrons. The molecule has 0 bridgehead atoms. The summed E-state index contributed by atoms with van der Waals surface area (Å²) in [5, 5.41) is 0. The summed E-state index contributed by atoms with van der Waals surface area (Å²) in [5.41, 5.74) is 0.902. The normalized spacial score (nSPS) is 36.8. The molecule has 0 radical (unpaired) electrons. The van der Waals surface area contributed by atoms with Gasteiger partial charge in [0.25, 0.3) is 0 Å². The van der Waals surface area contributed by atoms with Gasteiger partial charge in [0.15, 0.2) is 0 Å². The van der Waals surface area contributed by atoms with Crippen molar-refractivity contribution in [3.05, 3.63) is 0 Å². The van der Waals surface area contributed by atoms with Crippen LogP contribution in [0, 0.1) is 11.8 Å². The lowest BCUT2D eigenvalue weighted by Crippen LogP contribution is -2.26. The monoisotopic (exact) mass is 380 g/mol. The van der Waals surface area contributed by atoms with E-state index in [1.165, 1.54) is 122 Å². The zero-order valence-corrected chi connectivity index (χ0v) is 18.5. The third-order valence-electron chi connectivity index (χ3n) is 7.61. The number of rotatable bonds is 3. The Kier molecular flexibility index (Phi) is 9.79. The average molecular weight is 381 g/mol. The standard InChI is InChI=1S/C24H45OP/c26-24-18-8-12-21(13-9-19-24)20-10-6-16-23(17-7-11-20)25-22-14-4-2-1-3-5-15-22/h20-24H,1-19,26H2. The van der Waals surface area contributed by atoms with Gasteiger partial charge in [-0.3, -0.25) is 0 Å². The van der Waals surface area contributed by atoms with Crippen LogP contribution in [0.4, 0.5) is 0 Å². The highest BCUT2D eigenvalue weighted by Crippen LogP contribution is 2.37. The summed E-state index contributed by atoms with van der Waals surface area (Å²) < 4.78 is 6.63. The summed E-state index contributed by atoms with van der Waals surface area (Å²) >= 11 is 0. The number of hydrogen-bond donors (Lipinski definition) is 0. The average Bonchev–Trinajstić information content (AvgIpc) is 2.55. The minimum absolute atomic E-state index is 0.579. The molecule has 3 saturated carbocycles. The summed E-state index contributed by atoms with van der Waals surface area (Å²) in [7, 11) is 3.08. The Morgan fingerprint density at radius 2 is 0.808 bits per heavy atom. The van der Waals surface area contributed by atoms with Gasteiger partial charge in [-0.1, -0.05) is 83.5 Å². The molecule has 2 heteroatoms. The highest BCUT2D eigenvalue weighted by molar-refractivity contribution is 7.17. The molecule has 0 aromatic rings. The Morgan fingerprint density at radius 3 is 1.31 bits per heavy atom. The maximum atomic E-state index is 6.63. The minimum atomic E-state index is 0.579. The number of ether oxygens (including phenoxy) is 1. The van der Waals surface area contributed by atoms with Crippen LogP contribution in [0.25, 0.3) is 0 Å². The molecule has 0 spiro atoms. The molecule has 3 rings (SSSR count). The molecule has 0 N–H and O–H groups in total. The lowest BCUT2D eigenvalue weighted by molar-refractivity contribution is -0.0382. The molecule has 0 amide bonds. The van der Waals surface area contributed by atoms with Crippen LogP contribution in [0.15, 0.2) is 0 Å². The van der Waals surface area contributed by atoms with Gasteiger partial charge in [0.05, 0.1) is 12.2 Å². The summed E-state index contributed by atoms with van der Waals surface area (Å²) in [6.07, 6.45) is 28.3. The van der Waals surface area contributed by atoms with E-state index in [1.807, 2.05) is 0 Å². The second-order valence-corrected chi connectivity index (χ2v) is 10.7. The van der Waals surface area contributed by atoms with Crippen molar-refractivity contribution in [1.82, 2.24) is 0 Å². The summed E-state index contributed by atoms with van der Waals surface area (Å²) in [6, 6.07) is 0. The van der Waals surface area contributed by atoms with Gasteiger partial charge < -0.3 is 4.74 Å². The molecule has 3 aliphatic carbocycles. The van der Waals surface area contributed by atoms with E-state index in [0.29, 0.717) is 12.2 Å². The van der Waals surface area contributed by atoms with Crippen molar-refractivity contribution in [2.75, 3.05) is 0 Å². The Bertz CT molecular complexity index is 343. The SMILES string of the molecule is PC1CCCC(C2CCCC(OC3CCCCCCC3)CCC2)CCC1. The van der Waals surface area contributed by atoms with Crippen LogP contribution in [-0.4, -0.2) is 17.9 Å². The van der Waals surface area contributed by atoms with Crippen molar-refractivity contribution >= 4 is 9.24 Å². The highest BCUT2D eigenvalue weighted by Gasteiger charge is 2.26. The Labute approximate surface area is 166 Å². The van der Waals surface area contributed by atoms with Gasteiger partial charge in [0.1, 0.15) is 0 Å².